The van der Waals surface area contributed by atoms with E-state index in [0.29, 0.717) is 4.70 Å². The predicted molar refractivity (Wildman–Crippen MR) is 95.2 cm³/mol. The van der Waals surface area contributed by atoms with Crippen LogP contribution in [0.25, 0.3) is 20.3 Å². The minimum absolute atomic E-state index is 0.00351. The first-order chi connectivity index (χ1) is 11.2. The van der Waals surface area contributed by atoms with Crippen molar-refractivity contribution in [2.24, 2.45) is 0 Å². The van der Waals surface area contributed by atoms with E-state index in [9.17, 15) is 4.79 Å². The molecule has 1 aliphatic heterocycles. The number of nitrogens with zero attached hydrogens (tertiary/aromatic N) is 5. The standard InChI is InChI=1S/C16H17N5OS/c1-19(2)11-8-17-9-12-13(11)14-15(23-12)16(22)21(10-18-14)20-6-4-3-5-7-20/h3-4,8-10H,5-7H2,1-2H3. The maximum atomic E-state index is 12.9. The Kier molecular flexibility index (Phi) is 3.30. The molecule has 0 aliphatic carbocycles. The second kappa shape index (κ2) is 5.34. The molecule has 23 heavy (non-hydrogen) atoms. The van der Waals surface area contributed by atoms with E-state index in [-0.39, 0.29) is 5.56 Å². The van der Waals surface area contributed by atoms with Crippen LogP contribution in [0.2, 0.25) is 0 Å². The molecule has 7 heteroatoms. The molecule has 0 atom stereocenters. The second-order valence-corrected chi connectivity index (χ2v) is 6.83. The summed E-state index contributed by atoms with van der Waals surface area (Å²) < 4.78 is 3.32. The van der Waals surface area contributed by atoms with Crippen LogP contribution in [0, 0.1) is 0 Å². The Morgan fingerprint density at radius 1 is 1.26 bits per heavy atom. The monoisotopic (exact) mass is 327 g/mol. The molecule has 0 N–H and O–H groups in total. The van der Waals surface area contributed by atoms with Gasteiger partial charge in [0.2, 0.25) is 0 Å². The molecule has 0 radical (unpaired) electrons. The molecule has 0 saturated carbocycles. The van der Waals surface area contributed by atoms with Gasteiger partial charge in [-0.1, -0.05) is 12.2 Å². The van der Waals surface area contributed by atoms with Crippen LogP contribution in [0.15, 0.2) is 35.7 Å². The summed E-state index contributed by atoms with van der Waals surface area (Å²) >= 11 is 1.47. The Labute approximate surface area is 137 Å². The lowest BCUT2D eigenvalue weighted by Gasteiger charge is -2.26. The number of fused-ring (bicyclic) bond motifs is 3. The van der Waals surface area contributed by atoms with Crippen LogP contribution in [-0.2, 0) is 0 Å². The fraction of sp³-hybridized carbons (Fsp3) is 0.312. The van der Waals surface area contributed by atoms with E-state index in [2.05, 4.69) is 22.1 Å². The molecular formula is C16H17N5OS. The normalized spacial score (nSPS) is 14.8. The zero-order valence-corrected chi connectivity index (χ0v) is 13.9. The van der Waals surface area contributed by atoms with E-state index in [1.807, 2.05) is 36.4 Å². The Bertz CT molecular complexity index is 972. The summed E-state index contributed by atoms with van der Waals surface area (Å²) in [4.78, 5) is 23.8. The van der Waals surface area contributed by atoms with Crippen LogP contribution in [-0.4, -0.2) is 41.8 Å². The van der Waals surface area contributed by atoms with Gasteiger partial charge in [0.25, 0.3) is 5.56 Å². The molecule has 0 spiro atoms. The summed E-state index contributed by atoms with van der Waals surface area (Å²) in [6.45, 7) is 1.57. The summed E-state index contributed by atoms with van der Waals surface area (Å²) in [5.74, 6) is 0. The van der Waals surface area contributed by atoms with E-state index < -0.39 is 0 Å². The van der Waals surface area contributed by atoms with Crippen LogP contribution in [0.1, 0.15) is 6.42 Å². The van der Waals surface area contributed by atoms with Crippen molar-refractivity contribution in [3.05, 3.63) is 41.2 Å². The highest BCUT2D eigenvalue weighted by molar-refractivity contribution is 7.25. The van der Waals surface area contributed by atoms with E-state index in [0.717, 1.165) is 40.8 Å². The van der Waals surface area contributed by atoms with E-state index in [1.165, 1.54) is 11.3 Å². The fourth-order valence-electron chi connectivity index (χ4n) is 2.92. The maximum absolute atomic E-state index is 12.9. The van der Waals surface area contributed by atoms with E-state index in [1.54, 1.807) is 11.0 Å². The third kappa shape index (κ3) is 2.19. The van der Waals surface area contributed by atoms with Gasteiger partial charge >= 0.3 is 0 Å². The summed E-state index contributed by atoms with van der Waals surface area (Å²) in [6.07, 6.45) is 10.4. The lowest BCUT2D eigenvalue weighted by Crippen LogP contribution is -2.43. The van der Waals surface area contributed by atoms with Crippen molar-refractivity contribution in [3.63, 3.8) is 0 Å². The maximum Gasteiger partial charge on any atom is 0.290 e. The van der Waals surface area contributed by atoms with Crippen molar-refractivity contribution in [2.45, 2.75) is 6.42 Å². The lowest BCUT2D eigenvalue weighted by atomic mass is 10.2. The minimum Gasteiger partial charge on any atom is -0.376 e. The molecule has 0 aromatic carbocycles. The Morgan fingerprint density at radius 3 is 2.87 bits per heavy atom. The van der Waals surface area contributed by atoms with Crippen molar-refractivity contribution in [3.8, 4) is 0 Å². The number of hydrogen-bond donors (Lipinski definition) is 0. The first kappa shape index (κ1) is 14.2. The third-order valence-electron chi connectivity index (χ3n) is 4.08. The number of thiophene rings is 1. The molecular weight excluding hydrogens is 310 g/mol. The second-order valence-electron chi connectivity index (χ2n) is 5.77. The number of aromatic nitrogens is 3. The van der Waals surface area contributed by atoms with Gasteiger partial charge in [-0.3, -0.25) is 9.78 Å². The highest BCUT2D eigenvalue weighted by Gasteiger charge is 2.18. The van der Waals surface area contributed by atoms with Gasteiger partial charge in [-0.15, -0.1) is 11.3 Å². The average molecular weight is 327 g/mol. The van der Waals surface area contributed by atoms with Gasteiger partial charge < -0.3 is 9.91 Å². The summed E-state index contributed by atoms with van der Waals surface area (Å²) in [6, 6.07) is 0. The summed E-state index contributed by atoms with van der Waals surface area (Å²) in [7, 11) is 3.95. The first-order valence-electron chi connectivity index (χ1n) is 7.52. The zero-order valence-electron chi connectivity index (χ0n) is 13.1. The predicted octanol–water partition coefficient (Wildman–Crippen LogP) is 1.97. The van der Waals surface area contributed by atoms with E-state index in [4.69, 9.17) is 0 Å². The molecule has 6 nitrogen and oxygen atoms in total. The van der Waals surface area contributed by atoms with Gasteiger partial charge in [0.05, 0.1) is 28.6 Å². The minimum atomic E-state index is -0.00351. The smallest absolute Gasteiger partial charge is 0.290 e. The zero-order chi connectivity index (χ0) is 16.0. The number of hydrogen-bond acceptors (Lipinski definition) is 6. The molecule has 0 saturated heterocycles. The third-order valence-corrected chi connectivity index (χ3v) is 5.18. The first-order valence-corrected chi connectivity index (χ1v) is 8.34. The molecule has 118 valence electrons. The quantitative estimate of drug-likeness (QED) is 0.674. The molecule has 4 heterocycles. The summed E-state index contributed by atoms with van der Waals surface area (Å²) in [5.41, 5.74) is 1.75. The number of pyridine rings is 1. The van der Waals surface area contributed by atoms with Gasteiger partial charge in [0, 0.05) is 32.2 Å². The van der Waals surface area contributed by atoms with Gasteiger partial charge in [-0.05, 0) is 6.42 Å². The van der Waals surface area contributed by atoms with Crippen LogP contribution in [0.4, 0.5) is 5.69 Å². The molecule has 0 unspecified atom stereocenters. The molecule has 1 aliphatic rings. The van der Waals surface area contributed by atoms with Gasteiger partial charge in [0.15, 0.2) is 0 Å². The van der Waals surface area contributed by atoms with Crippen LogP contribution in [0.3, 0.4) is 0 Å². The summed E-state index contributed by atoms with van der Waals surface area (Å²) in [5, 5.41) is 3.03. The SMILES string of the molecule is CN(C)c1cncc2sc3c(=O)n(N4CC=CCC4)cnc3c12. The van der Waals surface area contributed by atoms with Crippen molar-refractivity contribution in [2.75, 3.05) is 37.1 Å². The van der Waals surface area contributed by atoms with Gasteiger partial charge in [0.1, 0.15) is 11.0 Å². The Hall–Kier alpha value is -2.41. The molecule has 3 aromatic heterocycles. The molecule has 0 bridgehead atoms. The number of anilines is 1. The molecule has 3 aromatic rings. The average Bonchev–Trinajstić information content (AvgIpc) is 2.95. The largest absolute Gasteiger partial charge is 0.376 e. The van der Waals surface area contributed by atoms with Crippen molar-refractivity contribution in [1.82, 2.24) is 14.6 Å². The van der Waals surface area contributed by atoms with Crippen molar-refractivity contribution in [1.29, 1.82) is 0 Å². The number of rotatable bonds is 2. The Balaban J connectivity index is 1.98. The van der Waals surface area contributed by atoms with Gasteiger partial charge in [-0.25, -0.2) is 9.66 Å². The van der Waals surface area contributed by atoms with Crippen molar-refractivity contribution >= 4 is 37.3 Å². The molecule has 0 fully saturated rings. The van der Waals surface area contributed by atoms with Crippen LogP contribution in [0.5, 0.6) is 0 Å². The molecule has 0 amide bonds. The Morgan fingerprint density at radius 2 is 2.13 bits per heavy atom. The van der Waals surface area contributed by atoms with E-state index >= 15 is 0 Å². The van der Waals surface area contributed by atoms with Crippen LogP contribution < -0.4 is 15.5 Å². The molecule has 4 rings (SSSR count). The lowest BCUT2D eigenvalue weighted by molar-refractivity contribution is 0.584. The fourth-order valence-corrected chi connectivity index (χ4v) is 3.99. The van der Waals surface area contributed by atoms with Crippen LogP contribution >= 0.6 is 11.3 Å². The highest BCUT2D eigenvalue weighted by atomic mass is 32.1. The van der Waals surface area contributed by atoms with Gasteiger partial charge in [-0.2, -0.15) is 0 Å². The van der Waals surface area contributed by atoms with Crippen molar-refractivity contribution < 1.29 is 0 Å². The topological polar surface area (TPSA) is 54.3 Å². The highest BCUT2D eigenvalue weighted by Crippen LogP contribution is 2.35.